The molecule has 1 rings (SSSR count). The molecule has 0 aromatic rings. The van der Waals surface area contributed by atoms with Gasteiger partial charge in [-0.25, -0.2) is 0 Å². The molecule has 0 amide bonds. The predicted octanol–water partition coefficient (Wildman–Crippen LogP) is 4.29. The molecule has 2 heteroatoms. The van der Waals surface area contributed by atoms with Crippen molar-refractivity contribution >= 4 is 15.9 Å². The van der Waals surface area contributed by atoms with E-state index in [0.29, 0.717) is 6.10 Å². The lowest BCUT2D eigenvalue weighted by Crippen LogP contribution is -2.39. The number of alkyl halides is 1. The lowest BCUT2D eigenvalue weighted by atomic mass is 9.86. The summed E-state index contributed by atoms with van der Waals surface area (Å²) in [5.74, 6) is 0. The molecule has 1 saturated carbocycles. The normalized spacial score (nSPS) is 23.4. The zero-order chi connectivity index (χ0) is 10.4. The van der Waals surface area contributed by atoms with Crippen molar-refractivity contribution in [3.8, 4) is 0 Å². The highest BCUT2D eigenvalue weighted by Crippen LogP contribution is 2.34. The highest BCUT2D eigenvalue weighted by molar-refractivity contribution is 9.09. The molecule has 1 aliphatic rings. The van der Waals surface area contributed by atoms with Crippen LogP contribution in [0.1, 0.15) is 58.8 Å². The van der Waals surface area contributed by atoms with E-state index in [-0.39, 0.29) is 5.60 Å². The third kappa shape index (κ3) is 3.54. The summed E-state index contributed by atoms with van der Waals surface area (Å²) in [4.78, 5) is 0. The lowest BCUT2D eigenvalue weighted by molar-refractivity contribution is -0.0934. The summed E-state index contributed by atoms with van der Waals surface area (Å²) in [5, 5.41) is 1.01. The molecule has 1 unspecified atom stereocenters. The first-order valence-corrected chi connectivity index (χ1v) is 7.08. The molecule has 1 atom stereocenters. The second kappa shape index (κ2) is 6.12. The van der Waals surface area contributed by atoms with Crippen LogP contribution in [-0.2, 0) is 4.74 Å². The molecule has 0 saturated heterocycles. The maximum Gasteiger partial charge on any atom is 0.0782 e. The van der Waals surface area contributed by atoms with Gasteiger partial charge in [0.2, 0.25) is 0 Å². The fourth-order valence-electron chi connectivity index (χ4n) is 2.37. The standard InChI is InChI=1S/C12H23BrO/c1-3-7-11(2)14-12(10-13)8-5-4-6-9-12/h11H,3-10H2,1-2H3. The van der Waals surface area contributed by atoms with Gasteiger partial charge in [0.1, 0.15) is 0 Å². The molecule has 14 heavy (non-hydrogen) atoms. The van der Waals surface area contributed by atoms with Crippen LogP contribution in [0.4, 0.5) is 0 Å². The minimum Gasteiger partial charge on any atom is -0.371 e. The van der Waals surface area contributed by atoms with Crippen molar-refractivity contribution in [2.24, 2.45) is 0 Å². The summed E-state index contributed by atoms with van der Waals surface area (Å²) in [7, 11) is 0. The van der Waals surface area contributed by atoms with Gasteiger partial charge in [0, 0.05) is 5.33 Å². The van der Waals surface area contributed by atoms with Gasteiger partial charge >= 0.3 is 0 Å². The Kier molecular flexibility index (Phi) is 5.47. The van der Waals surface area contributed by atoms with Gasteiger partial charge in [0.15, 0.2) is 0 Å². The minimum absolute atomic E-state index is 0.160. The summed E-state index contributed by atoms with van der Waals surface area (Å²) in [6.07, 6.45) is 9.39. The molecule has 0 aromatic carbocycles. The molecule has 0 bridgehead atoms. The van der Waals surface area contributed by atoms with Crippen molar-refractivity contribution in [2.75, 3.05) is 5.33 Å². The first-order chi connectivity index (χ1) is 6.72. The average molecular weight is 263 g/mol. The van der Waals surface area contributed by atoms with Gasteiger partial charge in [0.05, 0.1) is 11.7 Å². The van der Waals surface area contributed by atoms with Crippen molar-refractivity contribution < 1.29 is 4.74 Å². The molecule has 0 heterocycles. The lowest BCUT2D eigenvalue weighted by Gasteiger charge is -2.38. The van der Waals surface area contributed by atoms with Gasteiger partial charge in [-0.05, 0) is 26.2 Å². The number of hydrogen-bond acceptors (Lipinski definition) is 1. The van der Waals surface area contributed by atoms with E-state index in [4.69, 9.17) is 4.74 Å². The second-order valence-corrected chi connectivity index (χ2v) is 5.16. The van der Waals surface area contributed by atoms with Crippen molar-refractivity contribution in [2.45, 2.75) is 70.5 Å². The number of halogens is 1. The molecular formula is C12H23BrO. The third-order valence-corrected chi connectivity index (χ3v) is 4.18. The fraction of sp³-hybridized carbons (Fsp3) is 1.00. The molecule has 1 fully saturated rings. The Labute approximate surface area is 96.7 Å². The monoisotopic (exact) mass is 262 g/mol. The Morgan fingerprint density at radius 3 is 2.43 bits per heavy atom. The minimum atomic E-state index is 0.160. The van der Waals surface area contributed by atoms with Crippen LogP contribution < -0.4 is 0 Å². The first kappa shape index (κ1) is 12.5. The van der Waals surface area contributed by atoms with E-state index < -0.39 is 0 Å². The zero-order valence-electron chi connectivity index (χ0n) is 9.52. The highest BCUT2D eigenvalue weighted by Gasteiger charge is 2.33. The number of ether oxygens (including phenoxy) is 1. The van der Waals surface area contributed by atoms with E-state index in [1.165, 1.54) is 44.9 Å². The molecule has 0 N–H and O–H groups in total. The Balaban J connectivity index is 2.42. The van der Waals surface area contributed by atoms with Crippen LogP contribution in [0.5, 0.6) is 0 Å². The van der Waals surface area contributed by atoms with Gasteiger partial charge in [-0.15, -0.1) is 0 Å². The molecule has 0 radical (unpaired) electrons. The molecule has 1 nitrogen and oxygen atoms in total. The van der Waals surface area contributed by atoms with Crippen molar-refractivity contribution in [1.29, 1.82) is 0 Å². The fourth-order valence-corrected chi connectivity index (χ4v) is 3.06. The van der Waals surface area contributed by atoms with Gasteiger partial charge in [-0.1, -0.05) is 48.5 Å². The molecule has 0 aromatic heterocycles. The van der Waals surface area contributed by atoms with Crippen LogP contribution in [0.2, 0.25) is 0 Å². The summed E-state index contributed by atoms with van der Waals surface area (Å²) in [5.41, 5.74) is 0.160. The first-order valence-electron chi connectivity index (χ1n) is 5.96. The predicted molar refractivity (Wildman–Crippen MR) is 65.1 cm³/mol. The summed E-state index contributed by atoms with van der Waals surface area (Å²) in [6.45, 7) is 4.43. The van der Waals surface area contributed by atoms with E-state index in [1.807, 2.05) is 0 Å². The quantitative estimate of drug-likeness (QED) is 0.672. The van der Waals surface area contributed by atoms with Crippen molar-refractivity contribution in [3.05, 3.63) is 0 Å². The van der Waals surface area contributed by atoms with E-state index in [1.54, 1.807) is 0 Å². The van der Waals surface area contributed by atoms with Gasteiger partial charge < -0.3 is 4.74 Å². The summed E-state index contributed by atoms with van der Waals surface area (Å²) < 4.78 is 6.22. The van der Waals surface area contributed by atoms with Gasteiger partial charge in [-0.2, -0.15) is 0 Å². The van der Waals surface area contributed by atoms with Crippen LogP contribution in [0.15, 0.2) is 0 Å². The molecule has 1 aliphatic carbocycles. The summed E-state index contributed by atoms with van der Waals surface area (Å²) >= 11 is 3.62. The topological polar surface area (TPSA) is 9.23 Å². The van der Waals surface area contributed by atoms with Crippen LogP contribution in [-0.4, -0.2) is 17.0 Å². The number of rotatable bonds is 5. The van der Waals surface area contributed by atoms with Crippen LogP contribution in [0.25, 0.3) is 0 Å². The Bertz CT molecular complexity index is 152. The third-order valence-electron chi connectivity index (χ3n) is 3.15. The molecule has 0 aliphatic heterocycles. The van der Waals surface area contributed by atoms with Crippen LogP contribution in [0.3, 0.4) is 0 Å². The van der Waals surface area contributed by atoms with E-state index in [0.717, 1.165) is 5.33 Å². The smallest absolute Gasteiger partial charge is 0.0782 e. The highest BCUT2D eigenvalue weighted by atomic mass is 79.9. The SMILES string of the molecule is CCCC(C)OC1(CBr)CCCCC1. The van der Waals surface area contributed by atoms with Crippen molar-refractivity contribution in [3.63, 3.8) is 0 Å². The molecular weight excluding hydrogens is 240 g/mol. The maximum absolute atomic E-state index is 6.22. The molecule has 0 spiro atoms. The van der Waals surface area contributed by atoms with Gasteiger partial charge in [0.25, 0.3) is 0 Å². The van der Waals surface area contributed by atoms with Crippen LogP contribution in [0, 0.1) is 0 Å². The van der Waals surface area contributed by atoms with E-state index in [9.17, 15) is 0 Å². The Morgan fingerprint density at radius 2 is 1.93 bits per heavy atom. The second-order valence-electron chi connectivity index (χ2n) is 4.59. The largest absolute Gasteiger partial charge is 0.371 e. The zero-order valence-corrected chi connectivity index (χ0v) is 11.1. The molecule has 84 valence electrons. The maximum atomic E-state index is 6.22. The van der Waals surface area contributed by atoms with Crippen molar-refractivity contribution in [1.82, 2.24) is 0 Å². The Morgan fingerprint density at radius 1 is 1.29 bits per heavy atom. The van der Waals surface area contributed by atoms with Gasteiger partial charge in [-0.3, -0.25) is 0 Å². The Hall–Kier alpha value is 0.440. The summed E-state index contributed by atoms with van der Waals surface area (Å²) in [6, 6.07) is 0. The van der Waals surface area contributed by atoms with E-state index >= 15 is 0 Å². The van der Waals surface area contributed by atoms with E-state index in [2.05, 4.69) is 29.8 Å². The number of hydrogen-bond donors (Lipinski definition) is 0. The van der Waals surface area contributed by atoms with Crippen LogP contribution >= 0.6 is 15.9 Å². The average Bonchev–Trinajstić information content (AvgIpc) is 2.19.